The van der Waals surface area contributed by atoms with Crippen LogP contribution in [0.25, 0.3) is 0 Å². The largest absolute Gasteiger partial charge is 0.372 e. The summed E-state index contributed by atoms with van der Waals surface area (Å²) in [7, 11) is 0. The average molecular weight is 561 g/mol. The molecule has 38 heavy (non-hydrogen) atoms. The van der Waals surface area contributed by atoms with Crippen LogP contribution in [0, 0.1) is 5.92 Å². The molecular formula is C27H24Cl2F2N4O3. The standard InChI is InChI=1S/C27H24Cl2F2N4O3/c28-16-11-18(23(24(30)31)33-12-16)25(36)34-17-7-5-15(6-8-17)14-35-22-4-2-1-3-20(22)27(38,26(35)37)19-9-10-32-13-21(19)29/h1-4,9-13,15,17,24,38H,5-8,14H2,(H,34,36). The summed E-state index contributed by atoms with van der Waals surface area (Å²) in [5, 5.41) is 14.8. The smallest absolute Gasteiger partial charge is 0.281 e. The number of nitrogens with one attached hydrogen (secondary N) is 1. The Balaban J connectivity index is 1.27. The maximum atomic E-state index is 13.7. The van der Waals surface area contributed by atoms with Crippen molar-refractivity contribution in [1.82, 2.24) is 15.3 Å². The van der Waals surface area contributed by atoms with Crippen LogP contribution < -0.4 is 10.2 Å². The first-order chi connectivity index (χ1) is 18.2. The molecule has 198 valence electrons. The average Bonchev–Trinajstić information content (AvgIpc) is 3.12. The fourth-order valence-corrected chi connectivity index (χ4v) is 5.78. The summed E-state index contributed by atoms with van der Waals surface area (Å²) in [4.78, 5) is 35.6. The predicted molar refractivity (Wildman–Crippen MR) is 138 cm³/mol. The van der Waals surface area contributed by atoms with Gasteiger partial charge in [-0.1, -0.05) is 41.4 Å². The Morgan fingerprint density at radius 2 is 1.87 bits per heavy atom. The lowest BCUT2D eigenvalue weighted by atomic mass is 9.85. The van der Waals surface area contributed by atoms with E-state index in [1.54, 1.807) is 29.2 Å². The number of alkyl halides is 2. The highest BCUT2D eigenvalue weighted by molar-refractivity contribution is 6.32. The molecule has 11 heteroatoms. The van der Waals surface area contributed by atoms with Crippen LogP contribution in [0.1, 0.15) is 59.3 Å². The van der Waals surface area contributed by atoms with Crippen LogP contribution in [0.3, 0.4) is 0 Å². The van der Waals surface area contributed by atoms with Crippen molar-refractivity contribution in [3.63, 3.8) is 0 Å². The van der Waals surface area contributed by atoms with Crippen LogP contribution in [0.5, 0.6) is 0 Å². The van der Waals surface area contributed by atoms with E-state index in [-0.39, 0.29) is 33.1 Å². The number of fused-ring (bicyclic) bond motifs is 1. The molecule has 2 aromatic heterocycles. The molecule has 0 radical (unpaired) electrons. The van der Waals surface area contributed by atoms with Crippen LogP contribution in [-0.4, -0.2) is 39.5 Å². The Labute approximate surface area is 227 Å². The summed E-state index contributed by atoms with van der Waals surface area (Å²) in [6.45, 7) is 0.384. The van der Waals surface area contributed by atoms with Gasteiger partial charge in [-0.15, -0.1) is 0 Å². The van der Waals surface area contributed by atoms with Crippen LogP contribution >= 0.6 is 23.2 Å². The Morgan fingerprint density at radius 1 is 1.13 bits per heavy atom. The van der Waals surface area contributed by atoms with Crippen molar-refractivity contribution >= 4 is 40.7 Å². The van der Waals surface area contributed by atoms with Gasteiger partial charge in [0.05, 0.1) is 21.3 Å². The minimum Gasteiger partial charge on any atom is -0.372 e. The number of amides is 2. The zero-order valence-corrected chi connectivity index (χ0v) is 21.6. The number of carbonyl (C=O) groups is 2. The van der Waals surface area contributed by atoms with E-state index in [4.69, 9.17) is 23.2 Å². The Bertz CT molecular complexity index is 1380. The molecule has 0 saturated heterocycles. The monoisotopic (exact) mass is 560 g/mol. The Morgan fingerprint density at radius 3 is 2.58 bits per heavy atom. The number of halogens is 4. The maximum Gasteiger partial charge on any atom is 0.281 e. The van der Waals surface area contributed by atoms with Crippen molar-refractivity contribution in [2.24, 2.45) is 5.92 Å². The highest BCUT2D eigenvalue weighted by Gasteiger charge is 2.52. The molecule has 0 bridgehead atoms. The van der Waals surface area contributed by atoms with Gasteiger partial charge in [0, 0.05) is 42.3 Å². The number of aliphatic hydroxyl groups is 1. The van der Waals surface area contributed by atoms with Gasteiger partial charge in [-0.2, -0.15) is 0 Å². The summed E-state index contributed by atoms with van der Waals surface area (Å²) in [5.74, 6) is -1.00. The number of anilines is 1. The second kappa shape index (κ2) is 10.6. The number of carbonyl (C=O) groups excluding carboxylic acids is 2. The molecule has 1 fully saturated rings. The summed E-state index contributed by atoms with van der Waals surface area (Å²) >= 11 is 12.2. The van der Waals surface area contributed by atoms with Gasteiger partial charge < -0.3 is 15.3 Å². The van der Waals surface area contributed by atoms with E-state index >= 15 is 0 Å². The molecule has 1 aliphatic carbocycles. The molecule has 1 unspecified atom stereocenters. The second-order valence-corrected chi connectivity index (χ2v) is 10.4. The molecule has 1 saturated carbocycles. The first-order valence-electron chi connectivity index (χ1n) is 12.2. The van der Waals surface area contributed by atoms with Crippen LogP contribution in [-0.2, 0) is 10.4 Å². The van der Waals surface area contributed by atoms with Crippen molar-refractivity contribution in [2.45, 2.75) is 43.8 Å². The van der Waals surface area contributed by atoms with Crippen molar-refractivity contribution in [2.75, 3.05) is 11.4 Å². The first-order valence-corrected chi connectivity index (χ1v) is 12.9. The van der Waals surface area contributed by atoms with Gasteiger partial charge >= 0.3 is 0 Å². The number of rotatable bonds is 6. The highest BCUT2D eigenvalue weighted by Crippen LogP contribution is 2.46. The van der Waals surface area contributed by atoms with Gasteiger partial charge in [-0.05, 0) is 49.8 Å². The molecule has 2 amide bonds. The van der Waals surface area contributed by atoms with Crippen LogP contribution in [0.15, 0.2) is 55.0 Å². The summed E-state index contributed by atoms with van der Waals surface area (Å²) < 4.78 is 26.6. The number of hydrogen-bond donors (Lipinski definition) is 2. The zero-order valence-electron chi connectivity index (χ0n) is 20.1. The topological polar surface area (TPSA) is 95.4 Å². The molecular weight excluding hydrogens is 537 g/mol. The second-order valence-electron chi connectivity index (χ2n) is 9.58. The van der Waals surface area contributed by atoms with Crippen LogP contribution in [0.2, 0.25) is 10.0 Å². The quantitative estimate of drug-likeness (QED) is 0.427. The van der Waals surface area contributed by atoms with Gasteiger partial charge in [-0.3, -0.25) is 19.6 Å². The number of para-hydroxylation sites is 1. The van der Waals surface area contributed by atoms with Crippen molar-refractivity contribution < 1.29 is 23.5 Å². The fraction of sp³-hybridized carbons (Fsp3) is 0.333. The van der Waals surface area contributed by atoms with Crippen molar-refractivity contribution in [1.29, 1.82) is 0 Å². The molecule has 3 heterocycles. The van der Waals surface area contributed by atoms with E-state index in [0.717, 1.165) is 6.20 Å². The molecule has 7 nitrogen and oxygen atoms in total. The van der Waals surface area contributed by atoms with E-state index in [1.807, 2.05) is 6.07 Å². The van der Waals surface area contributed by atoms with E-state index < -0.39 is 29.5 Å². The van der Waals surface area contributed by atoms with Crippen LogP contribution in [0.4, 0.5) is 14.5 Å². The summed E-state index contributed by atoms with van der Waals surface area (Å²) in [5.41, 5.74) is -1.40. The lowest BCUT2D eigenvalue weighted by Crippen LogP contribution is -2.44. The lowest BCUT2D eigenvalue weighted by Gasteiger charge is -2.32. The van der Waals surface area contributed by atoms with Crippen molar-refractivity contribution in [3.05, 3.63) is 87.4 Å². The zero-order chi connectivity index (χ0) is 27.0. The molecule has 0 spiro atoms. The molecule has 5 rings (SSSR count). The Kier molecular flexibility index (Phi) is 7.35. The van der Waals surface area contributed by atoms with E-state index in [2.05, 4.69) is 15.3 Å². The van der Waals surface area contributed by atoms with E-state index in [1.165, 1.54) is 18.5 Å². The third kappa shape index (κ3) is 4.74. The molecule has 2 N–H and O–H groups in total. The number of hydrogen-bond acceptors (Lipinski definition) is 5. The van der Waals surface area contributed by atoms with Gasteiger partial charge in [0.2, 0.25) is 0 Å². The molecule has 2 aliphatic rings. The number of nitrogens with zero attached hydrogens (tertiary/aromatic N) is 3. The SMILES string of the molecule is O=C(NC1CCC(CN2C(=O)C(O)(c3ccncc3Cl)c3ccccc32)CC1)c1cc(Cl)cnc1C(F)F. The number of aromatic nitrogens is 2. The maximum absolute atomic E-state index is 13.7. The summed E-state index contributed by atoms with van der Waals surface area (Å²) in [6, 6.07) is 9.62. The fourth-order valence-electron chi connectivity index (χ4n) is 5.36. The molecule has 1 aromatic carbocycles. The van der Waals surface area contributed by atoms with Gasteiger partial charge in [0.1, 0.15) is 5.69 Å². The van der Waals surface area contributed by atoms with Gasteiger partial charge in [0.25, 0.3) is 18.2 Å². The molecule has 1 aliphatic heterocycles. The Hall–Kier alpha value is -3.14. The summed E-state index contributed by atoms with van der Waals surface area (Å²) in [6.07, 6.45) is 3.68. The van der Waals surface area contributed by atoms with Crippen molar-refractivity contribution in [3.8, 4) is 0 Å². The lowest BCUT2D eigenvalue weighted by molar-refractivity contribution is -0.132. The minimum atomic E-state index is -2.90. The predicted octanol–water partition coefficient (Wildman–Crippen LogP) is 5.29. The van der Waals surface area contributed by atoms with Gasteiger partial charge in [-0.25, -0.2) is 8.78 Å². The third-order valence-electron chi connectivity index (χ3n) is 7.26. The first kappa shape index (κ1) is 26.5. The van der Waals surface area contributed by atoms with Gasteiger partial charge in [0.15, 0.2) is 5.60 Å². The van der Waals surface area contributed by atoms with E-state index in [0.29, 0.717) is 43.5 Å². The highest BCUT2D eigenvalue weighted by atomic mass is 35.5. The number of pyridine rings is 2. The normalized spacial score (nSPS) is 23.0. The van der Waals surface area contributed by atoms with E-state index in [9.17, 15) is 23.5 Å². The third-order valence-corrected chi connectivity index (χ3v) is 7.77. The number of benzene rings is 1. The molecule has 3 aromatic rings. The molecule has 1 atom stereocenters. The minimum absolute atomic E-state index is 0.104.